The number of nitrogen functional groups attached to an aromatic ring is 1. The van der Waals surface area contributed by atoms with Crippen molar-refractivity contribution in [2.45, 2.75) is 134 Å². The molecule has 2 aliphatic heterocycles. The number of amides is 2. The Morgan fingerprint density at radius 3 is 1.55 bits per heavy atom. The van der Waals surface area contributed by atoms with Gasteiger partial charge in [0.05, 0.1) is 43.9 Å². The summed E-state index contributed by atoms with van der Waals surface area (Å²) in [5.74, 6) is 0. The molecule has 0 bridgehead atoms. The molecule has 6 rings (SSSR count). The molecule has 0 spiro atoms. The zero-order valence-corrected chi connectivity index (χ0v) is 44.9. The third-order valence-corrected chi connectivity index (χ3v) is 14.7. The highest BCUT2D eigenvalue weighted by Crippen LogP contribution is 2.39. The molecule has 2 aliphatic rings. The molecular formula is C44H65ClN10O10S4. The molecule has 2 saturated heterocycles. The Labute approximate surface area is 418 Å². The van der Waals surface area contributed by atoms with Crippen molar-refractivity contribution in [1.29, 1.82) is 0 Å². The predicted octanol–water partition coefficient (Wildman–Crippen LogP) is 7.55. The van der Waals surface area contributed by atoms with Crippen LogP contribution in [0, 0.1) is 0 Å². The maximum Gasteiger partial charge on any atom is 0.411 e. The lowest BCUT2D eigenvalue weighted by Gasteiger charge is -2.39. The molecule has 2 aromatic heterocycles. The Bertz CT molecular complexity index is 2630. The first-order valence-electron chi connectivity index (χ1n) is 21.9. The normalized spacial score (nSPS) is 14.5. The molecule has 8 N–H and O–H groups in total. The number of hydrogen-bond donors (Lipinski definition) is 6. The van der Waals surface area contributed by atoms with Gasteiger partial charge in [0.1, 0.15) is 0 Å². The molecule has 2 fully saturated rings. The summed E-state index contributed by atoms with van der Waals surface area (Å²) >= 11 is 7.61. The van der Waals surface area contributed by atoms with Crippen molar-refractivity contribution in [3.8, 4) is 20.9 Å². The minimum atomic E-state index is -3.95. The number of benzene rings is 2. The average molecular weight is 1060 g/mol. The topological polar surface area (TPSA) is 280 Å². The Balaban J connectivity index is 0.000000278. The van der Waals surface area contributed by atoms with Gasteiger partial charge in [0.2, 0.25) is 20.0 Å². The number of anilines is 4. The molecule has 2 aromatic carbocycles. The molecule has 4 aromatic rings. The van der Waals surface area contributed by atoms with Crippen LogP contribution in [0.4, 0.5) is 36.0 Å². The molecule has 0 aliphatic carbocycles. The monoisotopic (exact) mass is 1060 g/mol. The first-order valence-corrected chi connectivity index (χ1v) is 26.9. The molecule has 2 amide bonds. The summed E-state index contributed by atoms with van der Waals surface area (Å²) in [6, 6.07) is 9.71. The first kappa shape index (κ1) is 56.8. The standard InChI is InChI=1S/C24H35N5O6S2.C16H23N5O2S2.C4H7ClO2/c1-14(2)34-22(30)26-16-8-9-18(20(10-16)37(32,33)28-24(5,6)7)19-11-25-21(36-19)29-12-17(13-29)27-23(31)35-15(3)4;1-16(2,3)20-25(22,23)14-6-10(17)4-5-12(14)13-7-19-15(24-13)21-8-11(18)9-21;1-3(2)7-4(5)6/h8-11,14-15,17,28H,12-13H2,1-7H3,(H,26,30)(H,27,31);4-7,11,20H,8-9,17-18H2,1-3H3;3H,1-2H3. The minimum Gasteiger partial charge on any atom is -0.451 e. The number of thiazole rings is 2. The highest BCUT2D eigenvalue weighted by molar-refractivity contribution is 7.90. The summed E-state index contributed by atoms with van der Waals surface area (Å²) in [6.07, 6.45) is 1.58. The molecule has 4 heterocycles. The number of alkyl carbamates (subject to hydrolysis) is 1. The molecule has 0 unspecified atom stereocenters. The number of halogens is 1. The summed E-state index contributed by atoms with van der Waals surface area (Å²) in [4.78, 5) is 48.3. The van der Waals surface area contributed by atoms with Crippen molar-refractivity contribution >= 4 is 93.6 Å². The van der Waals surface area contributed by atoms with Gasteiger partial charge in [0.15, 0.2) is 10.3 Å². The quantitative estimate of drug-likeness (QED) is 0.0428. The van der Waals surface area contributed by atoms with Crippen molar-refractivity contribution in [2.24, 2.45) is 5.73 Å². The Hall–Kier alpha value is -4.82. The fourth-order valence-electron chi connectivity index (χ4n) is 6.33. The maximum atomic E-state index is 13.4. The first-order chi connectivity index (χ1) is 31.8. The summed E-state index contributed by atoms with van der Waals surface area (Å²) in [7, 11) is -7.67. The fourth-order valence-corrected chi connectivity index (χ4v) is 11.9. The molecule has 0 atom stereocenters. The van der Waals surface area contributed by atoms with E-state index in [4.69, 9.17) is 32.5 Å². The predicted molar refractivity (Wildman–Crippen MR) is 273 cm³/mol. The van der Waals surface area contributed by atoms with Gasteiger partial charge in [-0.25, -0.2) is 50.6 Å². The number of aromatic nitrogens is 2. The summed E-state index contributed by atoms with van der Waals surface area (Å²) in [5, 5.41) is 6.95. The van der Waals surface area contributed by atoms with Crippen LogP contribution in [-0.2, 0) is 34.3 Å². The third kappa shape index (κ3) is 17.8. The molecule has 69 heavy (non-hydrogen) atoms. The van der Waals surface area contributed by atoms with Crippen LogP contribution in [0.1, 0.15) is 83.1 Å². The number of hydrogen-bond acceptors (Lipinski definition) is 18. The number of nitrogens with one attached hydrogen (secondary N) is 4. The number of carbonyl (C=O) groups excluding carboxylic acids is 3. The van der Waals surface area contributed by atoms with Crippen LogP contribution in [0.3, 0.4) is 0 Å². The molecule has 382 valence electrons. The van der Waals surface area contributed by atoms with E-state index in [2.05, 4.69) is 39.7 Å². The largest absolute Gasteiger partial charge is 0.451 e. The van der Waals surface area contributed by atoms with E-state index in [9.17, 15) is 31.2 Å². The van der Waals surface area contributed by atoms with Crippen molar-refractivity contribution < 1.29 is 45.4 Å². The maximum absolute atomic E-state index is 13.4. The van der Waals surface area contributed by atoms with Crippen LogP contribution in [0.2, 0.25) is 0 Å². The second kappa shape index (κ2) is 23.4. The van der Waals surface area contributed by atoms with Gasteiger partial charge in [-0.15, -0.1) is 0 Å². The smallest absolute Gasteiger partial charge is 0.411 e. The lowest BCUT2D eigenvalue weighted by atomic mass is 10.1. The van der Waals surface area contributed by atoms with Crippen molar-refractivity contribution in [3.63, 3.8) is 0 Å². The van der Waals surface area contributed by atoms with Crippen LogP contribution < -0.4 is 41.3 Å². The Morgan fingerprint density at radius 1 is 0.696 bits per heavy atom. The van der Waals surface area contributed by atoms with Crippen LogP contribution in [-0.4, -0.2) is 112 Å². The van der Waals surface area contributed by atoms with Crippen LogP contribution >= 0.6 is 34.3 Å². The number of nitrogens with zero attached hydrogens (tertiary/aromatic N) is 4. The molecule has 0 saturated carbocycles. The number of ether oxygens (including phenoxy) is 3. The lowest BCUT2D eigenvalue weighted by Crippen LogP contribution is -2.59. The summed E-state index contributed by atoms with van der Waals surface area (Å²) in [5.41, 5.74) is 11.3. The van der Waals surface area contributed by atoms with E-state index in [1.54, 1.807) is 120 Å². The van der Waals surface area contributed by atoms with E-state index in [-0.39, 0.29) is 40.2 Å². The van der Waals surface area contributed by atoms with Crippen LogP contribution in [0.5, 0.6) is 0 Å². The van der Waals surface area contributed by atoms with Crippen molar-refractivity contribution in [2.75, 3.05) is 47.0 Å². The summed E-state index contributed by atoms with van der Waals surface area (Å²) in [6.45, 7) is 23.8. The highest BCUT2D eigenvalue weighted by Gasteiger charge is 2.33. The molecule has 25 heteroatoms. The van der Waals surface area contributed by atoms with Gasteiger partial charge in [-0.05, 0) is 107 Å². The minimum absolute atomic E-state index is 0.0135. The fraction of sp³-hybridized carbons (Fsp3) is 0.523. The zero-order valence-electron chi connectivity index (χ0n) is 40.9. The number of nitrogens with two attached hydrogens (primary N) is 2. The Morgan fingerprint density at radius 2 is 1.13 bits per heavy atom. The van der Waals surface area contributed by atoms with E-state index in [0.29, 0.717) is 45.6 Å². The third-order valence-electron chi connectivity index (χ3n) is 8.88. The lowest BCUT2D eigenvalue weighted by molar-refractivity contribution is 0.110. The van der Waals surface area contributed by atoms with E-state index >= 15 is 0 Å². The highest BCUT2D eigenvalue weighted by atomic mass is 35.5. The van der Waals surface area contributed by atoms with Crippen LogP contribution in [0.15, 0.2) is 58.6 Å². The van der Waals surface area contributed by atoms with E-state index in [1.165, 1.54) is 34.8 Å². The molecule has 0 radical (unpaired) electrons. The van der Waals surface area contributed by atoms with E-state index in [0.717, 1.165) is 23.1 Å². The second-order valence-electron chi connectivity index (χ2n) is 19.0. The van der Waals surface area contributed by atoms with Gasteiger partial charge in [0.25, 0.3) is 0 Å². The summed E-state index contributed by atoms with van der Waals surface area (Å²) < 4.78 is 72.3. The molecule has 20 nitrogen and oxygen atoms in total. The van der Waals surface area contributed by atoms with Gasteiger partial charge in [0, 0.05) is 89.8 Å². The van der Waals surface area contributed by atoms with Gasteiger partial charge in [-0.1, -0.05) is 34.8 Å². The van der Waals surface area contributed by atoms with Crippen molar-refractivity contribution in [1.82, 2.24) is 24.7 Å². The SMILES string of the molecule is CC(C)(C)NS(=O)(=O)c1cc(N)ccc1-c1cnc(N2CC(N)C2)s1.CC(C)OC(=O)Cl.CC(C)OC(=O)Nc1ccc(-c2cnc(N3CC(NC(=O)OC(C)C)C3)s2)c(S(=O)(=O)NC(C)(C)C)c1. The van der Waals surface area contributed by atoms with Crippen LogP contribution in [0.25, 0.3) is 20.9 Å². The van der Waals surface area contributed by atoms with Gasteiger partial charge >= 0.3 is 17.6 Å². The Kier molecular flexibility index (Phi) is 19.2. The second-order valence-corrected chi connectivity index (χ2v) is 24.7. The number of carbonyl (C=O) groups is 3. The van der Waals surface area contributed by atoms with E-state index in [1.807, 2.05) is 4.90 Å². The van der Waals surface area contributed by atoms with Gasteiger partial charge < -0.3 is 40.8 Å². The average Bonchev–Trinajstić information content (AvgIpc) is 3.83. The van der Waals surface area contributed by atoms with Gasteiger partial charge in [-0.2, -0.15) is 0 Å². The number of sulfonamides is 2. The zero-order chi connectivity index (χ0) is 51.8. The van der Waals surface area contributed by atoms with E-state index < -0.39 is 48.7 Å². The van der Waals surface area contributed by atoms with Crippen molar-refractivity contribution in [3.05, 3.63) is 48.8 Å². The number of rotatable bonds is 13. The van der Waals surface area contributed by atoms with Gasteiger partial charge in [-0.3, -0.25) is 5.32 Å². The molecular weight excluding hydrogens is 992 g/mol.